The zero-order valence-corrected chi connectivity index (χ0v) is 12.0. The van der Waals surface area contributed by atoms with Gasteiger partial charge in [-0.3, -0.25) is 5.43 Å². The molecule has 1 aromatic heterocycles. The molecule has 7 nitrogen and oxygen atoms in total. The van der Waals surface area contributed by atoms with Crippen molar-refractivity contribution in [1.29, 1.82) is 0 Å². The number of rotatable bonds is 9. The summed E-state index contributed by atoms with van der Waals surface area (Å²) in [6, 6.07) is 0.317. The molecule has 0 aliphatic rings. The number of nitrogens with two attached hydrogens (primary N) is 1. The van der Waals surface area contributed by atoms with E-state index in [4.69, 9.17) is 10.6 Å². The lowest BCUT2D eigenvalue weighted by atomic mass is 10.4. The van der Waals surface area contributed by atoms with E-state index in [1.54, 1.807) is 0 Å². The van der Waals surface area contributed by atoms with Crippen LogP contribution in [0.1, 0.15) is 40.0 Å². The van der Waals surface area contributed by atoms with Crippen LogP contribution < -0.4 is 20.9 Å². The van der Waals surface area contributed by atoms with E-state index in [9.17, 15) is 0 Å². The van der Waals surface area contributed by atoms with Crippen molar-refractivity contribution < 1.29 is 4.74 Å². The van der Waals surface area contributed by atoms with E-state index < -0.39 is 0 Å². The van der Waals surface area contributed by atoms with Crippen LogP contribution >= 0.6 is 0 Å². The molecule has 3 N–H and O–H groups in total. The number of hydrogen-bond donors (Lipinski definition) is 2. The highest BCUT2D eigenvalue weighted by molar-refractivity contribution is 5.37. The van der Waals surface area contributed by atoms with Crippen molar-refractivity contribution in [3.63, 3.8) is 0 Å². The Hall–Kier alpha value is -1.63. The third kappa shape index (κ3) is 4.86. The Balaban J connectivity index is 2.95. The highest BCUT2D eigenvalue weighted by atomic mass is 16.5. The van der Waals surface area contributed by atoms with Crippen LogP contribution in [0.3, 0.4) is 0 Å². The first-order valence-corrected chi connectivity index (χ1v) is 6.85. The molecule has 1 aromatic rings. The minimum Gasteiger partial charge on any atom is -0.463 e. The Morgan fingerprint density at radius 2 is 1.74 bits per heavy atom. The summed E-state index contributed by atoms with van der Waals surface area (Å²) in [5, 5.41) is 0. The minimum absolute atomic E-state index is 0.317. The number of nitrogen functional groups attached to an aromatic ring is 1. The number of nitrogens with zero attached hydrogens (tertiary/aromatic N) is 4. The molecule has 108 valence electrons. The van der Waals surface area contributed by atoms with Gasteiger partial charge >= 0.3 is 6.01 Å². The van der Waals surface area contributed by atoms with Gasteiger partial charge in [0, 0.05) is 13.1 Å². The summed E-state index contributed by atoms with van der Waals surface area (Å²) in [6.07, 6.45) is 2.96. The molecule has 0 amide bonds. The molecule has 0 bridgehead atoms. The van der Waals surface area contributed by atoms with Crippen molar-refractivity contribution in [1.82, 2.24) is 15.0 Å². The van der Waals surface area contributed by atoms with Crippen LogP contribution in [-0.2, 0) is 0 Å². The Bertz CT molecular complexity index is 367. The van der Waals surface area contributed by atoms with Gasteiger partial charge in [0.05, 0.1) is 6.61 Å². The fraction of sp³-hybridized carbons (Fsp3) is 0.750. The molecule has 0 saturated carbocycles. The van der Waals surface area contributed by atoms with E-state index in [1.165, 1.54) is 0 Å². The Kier molecular flexibility index (Phi) is 6.88. The standard InChI is InChI=1S/C12H24N6O/c1-4-7-18(8-5-2)11-14-10(17-13)15-12(16-11)19-9-6-3/h4-9,13H2,1-3H3,(H,14,15,16,17). The van der Waals surface area contributed by atoms with E-state index in [-0.39, 0.29) is 0 Å². The van der Waals surface area contributed by atoms with Crippen molar-refractivity contribution in [2.75, 3.05) is 30.0 Å². The van der Waals surface area contributed by atoms with Crippen molar-refractivity contribution in [2.24, 2.45) is 5.84 Å². The van der Waals surface area contributed by atoms with Gasteiger partial charge in [-0.25, -0.2) is 5.84 Å². The largest absolute Gasteiger partial charge is 0.463 e. The molecule has 0 fully saturated rings. The predicted molar refractivity (Wildman–Crippen MR) is 76.2 cm³/mol. The maximum atomic E-state index is 5.46. The van der Waals surface area contributed by atoms with Gasteiger partial charge in [0.1, 0.15) is 0 Å². The van der Waals surface area contributed by atoms with Crippen LogP contribution in [-0.4, -0.2) is 34.6 Å². The second-order valence-corrected chi connectivity index (χ2v) is 4.22. The summed E-state index contributed by atoms with van der Waals surface area (Å²) in [5.41, 5.74) is 2.45. The van der Waals surface area contributed by atoms with Gasteiger partial charge in [0.25, 0.3) is 0 Å². The molecule has 0 aliphatic carbocycles. The van der Waals surface area contributed by atoms with Gasteiger partial charge in [-0.2, -0.15) is 15.0 Å². The Labute approximate surface area is 114 Å². The quantitative estimate of drug-likeness (QED) is 0.519. The number of anilines is 2. The monoisotopic (exact) mass is 268 g/mol. The van der Waals surface area contributed by atoms with E-state index in [0.29, 0.717) is 24.5 Å². The average molecular weight is 268 g/mol. The number of hydrazine groups is 1. The average Bonchev–Trinajstić information content (AvgIpc) is 2.44. The number of aromatic nitrogens is 3. The van der Waals surface area contributed by atoms with Crippen LogP contribution in [0, 0.1) is 0 Å². The molecule has 1 rings (SSSR count). The lowest BCUT2D eigenvalue weighted by Crippen LogP contribution is -2.28. The summed E-state index contributed by atoms with van der Waals surface area (Å²) in [4.78, 5) is 14.8. The van der Waals surface area contributed by atoms with Gasteiger partial charge in [-0.05, 0) is 19.3 Å². The van der Waals surface area contributed by atoms with Gasteiger partial charge in [0.2, 0.25) is 11.9 Å². The van der Waals surface area contributed by atoms with Gasteiger partial charge < -0.3 is 9.64 Å². The van der Waals surface area contributed by atoms with Crippen LogP contribution in [0.15, 0.2) is 0 Å². The van der Waals surface area contributed by atoms with Crippen molar-refractivity contribution in [3.8, 4) is 6.01 Å². The van der Waals surface area contributed by atoms with Gasteiger partial charge in [-0.1, -0.05) is 20.8 Å². The smallest absolute Gasteiger partial charge is 0.323 e. The molecule has 0 radical (unpaired) electrons. The molecular weight excluding hydrogens is 244 g/mol. The van der Waals surface area contributed by atoms with Crippen LogP contribution in [0.5, 0.6) is 6.01 Å². The van der Waals surface area contributed by atoms with Crippen LogP contribution in [0.4, 0.5) is 11.9 Å². The molecular formula is C12H24N6O. The first-order chi connectivity index (χ1) is 9.24. The van der Waals surface area contributed by atoms with E-state index in [1.807, 2.05) is 6.92 Å². The van der Waals surface area contributed by atoms with Crippen molar-refractivity contribution in [3.05, 3.63) is 0 Å². The van der Waals surface area contributed by atoms with Crippen molar-refractivity contribution >= 4 is 11.9 Å². The third-order valence-electron chi connectivity index (χ3n) is 2.44. The lowest BCUT2D eigenvalue weighted by Gasteiger charge is -2.21. The summed E-state index contributed by atoms with van der Waals surface area (Å²) >= 11 is 0. The molecule has 0 aliphatic heterocycles. The number of hydrogen-bond acceptors (Lipinski definition) is 7. The normalized spacial score (nSPS) is 10.3. The molecule has 7 heteroatoms. The van der Waals surface area contributed by atoms with E-state index in [0.717, 1.165) is 32.4 Å². The highest BCUT2D eigenvalue weighted by Crippen LogP contribution is 2.15. The van der Waals surface area contributed by atoms with Crippen molar-refractivity contribution in [2.45, 2.75) is 40.0 Å². The van der Waals surface area contributed by atoms with Crippen LogP contribution in [0.2, 0.25) is 0 Å². The fourth-order valence-corrected chi connectivity index (χ4v) is 1.66. The molecule has 19 heavy (non-hydrogen) atoms. The molecule has 0 aromatic carbocycles. The molecule has 1 heterocycles. The second kappa shape index (κ2) is 8.47. The topological polar surface area (TPSA) is 89.2 Å². The third-order valence-corrected chi connectivity index (χ3v) is 2.44. The summed E-state index contributed by atoms with van der Waals surface area (Å²) in [7, 11) is 0. The zero-order valence-electron chi connectivity index (χ0n) is 12.0. The SMILES string of the molecule is CCCOc1nc(NN)nc(N(CCC)CCC)n1. The summed E-state index contributed by atoms with van der Waals surface area (Å²) < 4.78 is 5.46. The maximum absolute atomic E-state index is 5.46. The highest BCUT2D eigenvalue weighted by Gasteiger charge is 2.12. The minimum atomic E-state index is 0.317. The van der Waals surface area contributed by atoms with Gasteiger partial charge in [0.15, 0.2) is 0 Å². The molecule has 0 atom stereocenters. The van der Waals surface area contributed by atoms with Gasteiger partial charge in [-0.15, -0.1) is 0 Å². The molecule has 0 saturated heterocycles. The summed E-state index contributed by atoms with van der Waals surface area (Å²) in [5.74, 6) is 6.32. The first kappa shape index (κ1) is 15.4. The molecule has 0 spiro atoms. The Morgan fingerprint density at radius 1 is 1.05 bits per heavy atom. The fourth-order valence-electron chi connectivity index (χ4n) is 1.66. The van der Waals surface area contributed by atoms with E-state index >= 15 is 0 Å². The number of nitrogens with one attached hydrogen (secondary N) is 1. The summed E-state index contributed by atoms with van der Waals surface area (Å²) in [6.45, 7) is 8.66. The number of ether oxygens (including phenoxy) is 1. The Morgan fingerprint density at radius 3 is 2.26 bits per heavy atom. The zero-order chi connectivity index (χ0) is 14.1. The first-order valence-electron chi connectivity index (χ1n) is 6.85. The lowest BCUT2D eigenvalue weighted by molar-refractivity contribution is 0.291. The maximum Gasteiger partial charge on any atom is 0.323 e. The second-order valence-electron chi connectivity index (χ2n) is 4.22. The van der Waals surface area contributed by atoms with Crippen LogP contribution in [0.25, 0.3) is 0 Å². The predicted octanol–water partition coefficient (Wildman–Crippen LogP) is 1.57. The molecule has 0 unspecified atom stereocenters. The van der Waals surface area contributed by atoms with E-state index in [2.05, 4.69) is 39.1 Å².